The number of rotatable bonds is 7. The third-order valence-electron chi connectivity index (χ3n) is 9.89. The van der Waals surface area contributed by atoms with Gasteiger partial charge in [0.25, 0.3) is 0 Å². The Morgan fingerprint density at radius 1 is 1.08 bits per heavy atom. The summed E-state index contributed by atoms with van der Waals surface area (Å²) in [6, 6.07) is -1.47. The summed E-state index contributed by atoms with van der Waals surface area (Å²) >= 11 is 12.9. The Labute approximate surface area is 238 Å². The van der Waals surface area contributed by atoms with Gasteiger partial charge in [-0.05, 0) is 100 Å². The van der Waals surface area contributed by atoms with E-state index in [9.17, 15) is 18.0 Å². The van der Waals surface area contributed by atoms with Crippen molar-refractivity contribution in [1.82, 2.24) is 19.8 Å². The molecule has 3 saturated carbocycles. The summed E-state index contributed by atoms with van der Waals surface area (Å²) in [5.74, 6) is -0.313. The van der Waals surface area contributed by atoms with Gasteiger partial charge in [0.15, 0.2) is 0 Å². The normalized spacial score (nSPS) is 36.9. The zero-order valence-electron chi connectivity index (χ0n) is 22.6. The molecule has 2 heterocycles. The minimum absolute atomic E-state index is 0.0165. The van der Waals surface area contributed by atoms with Gasteiger partial charge in [0.1, 0.15) is 6.04 Å². The van der Waals surface area contributed by atoms with E-state index in [1.807, 2.05) is 24.0 Å². The van der Waals surface area contributed by atoms with Crippen molar-refractivity contribution in [3.63, 3.8) is 0 Å². The van der Waals surface area contributed by atoms with E-state index in [-0.39, 0.29) is 46.4 Å². The van der Waals surface area contributed by atoms with Crippen LogP contribution in [-0.4, -0.2) is 50.6 Å². The summed E-state index contributed by atoms with van der Waals surface area (Å²) in [5, 5.41) is 14.3. The number of carbonyl (C=O) groups excluding carboxylic acids is 1. The fourth-order valence-corrected chi connectivity index (χ4v) is 8.30. The van der Waals surface area contributed by atoms with Crippen LogP contribution in [0.15, 0.2) is 12.4 Å². The number of halogens is 5. The molecule has 9 atom stereocenters. The Morgan fingerprint density at radius 2 is 1.82 bits per heavy atom. The van der Waals surface area contributed by atoms with E-state index in [2.05, 4.69) is 10.6 Å². The summed E-state index contributed by atoms with van der Waals surface area (Å²) in [5.41, 5.74) is 0.352. The van der Waals surface area contributed by atoms with Crippen molar-refractivity contribution in [3.05, 3.63) is 18.0 Å². The molecular formula is C28H42Cl2F3N5O. The van der Waals surface area contributed by atoms with Crippen LogP contribution in [0.1, 0.15) is 64.2 Å². The maximum absolute atomic E-state index is 14.0. The number of piperidine rings is 1. The quantitative estimate of drug-likeness (QED) is 0.382. The van der Waals surface area contributed by atoms with E-state index < -0.39 is 18.1 Å². The molecule has 5 rings (SSSR count). The molecule has 3 aliphatic carbocycles. The monoisotopic (exact) mass is 591 g/mol. The molecule has 3 N–H and O–H groups in total. The van der Waals surface area contributed by atoms with Crippen LogP contribution in [0.4, 0.5) is 13.2 Å². The lowest BCUT2D eigenvalue weighted by molar-refractivity contribution is -0.179. The highest BCUT2D eigenvalue weighted by molar-refractivity contribution is 6.30. The summed E-state index contributed by atoms with van der Waals surface area (Å²) < 4.78 is 45.7. The first kappa shape index (κ1) is 29.3. The lowest BCUT2D eigenvalue weighted by Gasteiger charge is -2.44. The van der Waals surface area contributed by atoms with Crippen LogP contribution in [0.2, 0.25) is 0 Å². The van der Waals surface area contributed by atoms with E-state index in [0.717, 1.165) is 32.1 Å². The van der Waals surface area contributed by atoms with Crippen LogP contribution in [0.5, 0.6) is 0 Å². The van der Waals surface area contributed by atoms with Gasteiger partial charge in [-0.2, -0.15) is 13.2 Å². The van der Waals surface area contributed by atoms with Crippen LogP contribution in [0, 0.1) is 40.9 Å². The highest BCUT2D eigenvalue weighted by Crippen LogP contribution is 2.46. The van der Waals surface area contributed by atoms with Gasteiger partial charge in [-0.15, -0.1) is 23.2 Å². The zero-order chi connectivity index (χ0) is 27.9. The largest absolute Gasteiger partial charge is 0.404 e. The maximum Gasteiger partial charge on any atom is 0.404 e. The van der Waals surface area contributed by atoms with Crippen LogP contribution >= 0.6 is 23.2 Å². The second kappa shape index (κ2) is 12.0. The van der Waals surface area contributed by atoms with Crippen molar-refractivity contribution < 1.29 is 18.0 Å². The van der Waals surface area contributed by atoms with E-state index >= 15 is 0 Å². The molecule has 1 saturated heterocycles. The number of hydrogen-bond acceptors (Lipinski definition) is 3. The number of amides is 1. The van der Waals surface area contributed by atoms with Crippen LogP contribution in [0.3, 0.4) is 0 Å². The predicted octanol–water partition coefficient (Wildman–Crippen LogP) is 5.18. The number of nitrogens with one attached hydrogen (secondary N) is 3. The fraction of sp³-hybridized carbons (Fsp3) is 0.857. The Bertz CT molecular complexity index is 1060. The number of aryl methyl sites for hydroxylation is 1. The van der Waals surface area contributed by atoms with Crippen molar-refractivity contribution in [3.8, 4) is 0 Å². The molecule has 6 nitrogen and oxygen atoms in total. The van der Waals surface area contributed by atoms with E-state index in [4.69, 9.17) is 28.6 Å². The summed E-state index contributed by atoms with van der Waals surface area (Å²) in [7, 11) is 1.81. The minimum Gasteiger partial charge on any atom is -0.353 e. The van der Waals surface area contributed by atoms with Gasteiger partial charge >= 0.3 is 6.18 Å². The van der Waals surface area contributed by atoms with Gasteiger partial charge in [0.05, 0.1) is 5.38 Å². The van der Waals surface area contributed by atoms with Gasteiger partial charge < -0.3 is 19.8 Å². The molecule has 0 aromatic carbocycles. The first-order valence-corrected chi connectivity index (χ1v) is 15.5. The maximum atomic E-state index is 14.0. The third-order valence-corrected chi connectivity index (χ3v) is 11.0. The molecule has 1 amide bonds. The third kappa shape index (κ3) is 6.83. The zero-order valence-corrected chi connectivity index (χ0v) is 24.1. The van der Waals surface area contributed by atoms with Crippen molar-refractivity contribution in [2.45, 2.75) is 99.8 Å². The first-order valence-electron chi connectivity index (χ1n) is 14.7. The van der Waals surface area contributed by atoms with Crippen LogP contribution in [-0.2, 0) is 18.4 Å². The Kier molecular flexibility index (Phi) is 8.99. The van der Waals surface area contributed by atoms with Crippen molar-refractivity contribution in [2.24, 2.45) is 42.6 Å². The van der Waals surface area contributed by atoms with Crippen molar-refractivity contribution in [2.75, 3.05) is 6.54 Å². The molecule has 0 spiro atoms. The highest BCUT2D eigenvalue weighted by atomic mass is 35.5. The molecule has 39 heavy (non-hydrogen) atoms. The molecule has 4 aliphatic rings. The number of hydrogen-bond donors (Lipinski definition) is 3. The molecular weight excluding hydrogens is 550 g/mol. The molecule has 8 unspecified atom stereocenters. The molecule has 0 radical (unpaired) electrons. The number of carbonyl (C=O) groups is 1. The van der Waals surface area contributed by atoms with Crippen LogP contribution in [0.25, 0.3) is 0 Å². The Hall–Kier alpha value is -1.19. The Balaban J connectivity index is 1.34. The van der Waals surface area contributed by atoms with Gasteiger partial charge in [0.2, 0.25) is 11.5 Å². The number of nitrogens with zero attached hydrogens (tertiary/aromatic N) is 2. The number of aromatic nitrogens is 2. The lowest BCUT2D eigenvalue weighted by Crippen LogP contribution is -2.54. The van der Waals surface area contributed by atoms with Crippen molar-refractivity contribution >= 4 is 29.1 Å². The number of imidazole rings is 1. The molecule has 4 fully saturated rings. The summed E-state index contributed by atoms with van der Waals surface area (Å²) in [6.07, 6.45) is 7.08. The molecule has 1 aromatic rings. The molecule has 1 aliphatic heterocycles. The van der Waals surface area contributed by atoms with Gasteiger partial charge in [-0.1, -0.05) is 0 Å². The predicted molar refractivity (Wildman–Crippen MR) is 145 cm³/mol. The SMILES string of the molecule is Cn1ccn(CC2CC(C(=O)N[C@@H](C3CC3)C3CCC(Cl)C(Cl)C3)CC(C3CCCNC3C(F)(F)F)C2)c1=N. The van der Waals surface area contributed by atoms with Gasteiger partial charge in [0, 0.05) is 43.3 Å². The molecule has 0 bridgehead atoms. The number of alkyl halides is 5. The fourth-order valence-electron chi connectivity index (χ4n) is 7.72. The van der Waals surface area contributed by atoms with Gasteiger partial charge in [-0.3, -0.25) is 10.2 Å². The van der Waals surface area contributed by atoms with Gasteiger partial charge in [-0.25, -0.2) is 0 Å². The first-order chi connectivity index (χ1) is 18.5. The van der Waals surface area contributed by atoms with Crippen molar-refractivity contribution in [1.29, 1.82) is 5.41 Å². The summed E-state index contributed by atoms with van der Waals surface area (Å²) in [6.45, 7) is 0.911. The molecule has 11 heteroatoms. The van der Waals surface area contributed by atoms with Crippen LogP contribution < -0.4 is 16.3 Å². The second-order valence-corrected chi connectivity index (χ2v) is 13.8. The lowest BCUT2D eigenvalue weighted by atomic mass is 9.66. The Morgan fingerprint density at radius 3 is 2.46 bits per heavy atom. The van der Waals surface area contributed by atoms with E-state index in [0.29, 0.717) is 56.7 Å². The van der Waals surface area contributed by atoms with E-state index in [1.54, 1.807) is 4.57 Å². The molecule has 220 valence electrons. The average molecular weight is 593 g/mol. The smallest absolute Gasteiger partial charge is 0.353 e. The minimum atomic E-state index is -4.31. The summed E-state index contributed by atoms with van der Waals surface area (Å²) in [4.78, 5) is 13.8. The second-order valence-electron chi connectivity index (χ2n) is 12.7. The molecule has 1 aromatic heterocycles. The average Bonchev–Trinajstić information content (AvgIpc) is 3.70. The highest BCUT2D eigenvalue weighted by Gasteiger charge is 2.50. The standard InChI is InChI=1S/C28H42Cl2F3N5O/c1-37-9-10-38(27(37)34)15-16-11-19(21-3-2-8-35-25(21)28(31,32)33)13-20(12-16)26(39)36-24(17-4-5-17)18-6-7-22(29)23(30)14-18/h9-10,16-25,34-35H,2-8,11-15H2,1H3,(H,36,39)/t16?,18?,19?,20?,21?,22?,23?,24-,25?/m0/s1. The topological polar surface area (TPSA) is 74.8 Å². The van der Waals surface area contributed by atoms with E-state index in [1.165, 1.54) is 0 Å².